The van der Waals surface area contributed by atoms with Crippen LogP contribution in [0.2, 0.25) is 0 Å². The highest BCUT2D eigenvalue weighted by molar-refractivity contribution is 6.06. The monoisotopic (exact) mass is 677 g/mol. The molecule has 1 aromatic carbocycles. The van der Waals surface area contributed by atoms with Crippen LogP contribution in [0.15, 0.2) is 82.7 Å². The first-order chi connectivity index (χ1) is 23.6. The molecule has 0 bridgehead atoms. The molecule has 0 unspecified atom stereocenters. The van der Waals surface area contributed by atoms with Crippen LogP contribution >= 0.6 is 0 Å². The summed E-state index contributed by atoms with van der Waals surface area (Å²) in [6.45, 7) is 14.0. The molecule has 1 N–H and O–H groups in total. The number of carbonyl (C=O) groups excluding carboxylic acids is 3. The summed E-state index contributed by atoms with van der Waals surface area (Å²) in [4.78, 5) is 38.9. The van der Waals surface area contributed by atoms with Crippen molar-refractivity contribution in [3.8, 4) is 6.07 Å². The van der Waals surface area contributed by atoms with E-state index in [-0.39, 0.29) is 58.0 Å². The zero-order valence-corrected chi connectivity index (χ0v) is 30.5. The summed E-state index contributed by atoms with van der Waals surface area (Å²) >= 11 is 0. The minimum absolute atomic E-state index is 0.0465. The van der Waals surface area contributed by atoms with Crippen molar-refractivity contribution >= 4 is 23.3 Å². The molecule has 3 saturated carbocycles. The molecule has 6 atom stereocenters. The quantitative estimate of drug-likeness (QED) is 0.126. The maximum absolute atomic E-state index is 13.8. The molecule has 5 aliphatic carbocycles. The van der Waals surface area contributed by atoms with Crippen LogP contribution in [-0.2, 0) is 23.9 Å². The minimum Gasteiger partial charge on any atom is -0.504 e. The van der Waals surface area contributed by atoms with Crippen molar-refractivity contribution in [3.05, 3.63) is 88.3 Å². The molecule has 264 valence electrons. The Morgan fingerprint density at radius 2 is 1.62 bits per heavy atom. The molecular formula is C43H51NO6. The Bertz CT molecular complexity index is 1810. The average Bonchev–Trinajstić information content (AvgIpc) is 3.10. The van der Waals surface area contributed by atoms with E-state index in [0.29, 0.717) is 29.9 Å². The van der Waals surface area contributed by atoms with Gasteiger partial charge in [-0.1, -0.05) is 75.8 Å². The molecule has 7 heteroatoms. The van der Waals surface area contributed by atoms with Gasteiger partial charge in [0.15, 0.2) is 5.76 Å². The summed E-state index contributed by atoms with van der Waals surface area (Å²) < 4.78 is 11.2. The Morgan fingerprint density at radius 1 is 0.940 bits per heavy atom. The lowest BCUT2D eigenvalue weighted by atomic mass is 9.34. The number of esters is 2. The number of carbonyl (C=O) groups is 3. The van der Waals surface area contributed by atoms with E-state index in [0.717, 1.165) is 56.1 Å². The number of aliphatic hydroxyl groups excluding tert-OH is 1. The highest BCUT2D eigenvalue weighted by Crippen LogP contribution is 2.75. The molecule has 0 saturated heterocycles. The Kier molecular flexibility index (Phi) is 9.16. The standard InChI is InChI=1S/C43H51NO6/c1-28-31-14-15-34-41(4,32(31)25-33(45)37(28)47)19-21-43(6)35-26-40(3,17-16-39(35,2)18-20-42(34,43)5)38(48)50-23-11-10-22-49-36(46)24-30(27-44)29-12-8-7-9-13-29/h7-9,12-15,24-25,35,47H,10-11,16-23,26H2,1-6H3/b30-24+/t35-,39-,40-,41+,42-,43+/m1/s1. The van der Waals surface area contributed by atoms with Crippen molar-refractivity contribution in [2.24, 2.45) is 33.0 Å². The van der Waals surface area contributed by atoms with E-state index in [2.05, 4.69) is 46.8 Å². The molecule has 5 aliphatic rings. The number of fused-ring (bicyclic) bond motifs is 7. The molecule has 1 aromatic rings. The zero-order valence-electron chi connectivity index (χ0n) is 30.5. The van der Waals surface area contributed by atoms with Gasteiger partial charge < -0.3 is 14.6 Å². The fourth-order valence-corrected chi connectivity index (χ4v) is 10.3. The molecule has 3 fully saturated rings. The van der Waals surface area contributed by atoms with Gasteiger partial charge in [-0.25, -0.2) is 4.79 Å². The van der Waals surface area contributed by atoms with Gasteiger partial charge in [0.1, 0.15) is 6.07 Å². The molecular weight excluding hydrogens is 626 g/mol. The second kappa shape index (κ2) is 12.9. The Balaban J connectivity index is 1.10. The molecule has 0 aromatic heterocycles. The van der Waals surface area contributed by atoms with E-state index >= 15 is 0 Å². The molecule has 0 radical (unpaired) electrons. The van der Waals surface area contributed by atoms with E-state index in [1.54, 1.807) is 18.2 Å². The number of hydrogen-bond acceptors (Lipinski definition) is 7. The maximum atomic E-state index is 13.8. The predicted octanol–water partition coefficient (Wildman–Crippen LogP) is 9.09. The van der Waals surface area contributed by atoms with Crippen LogP contribution in [-0.4, -0.2) is 36.0 Å². The number of aliphatic hydroxyl groups is 1. The number of benzene rings is 1. The third-order valence-electron chi connectivity index (χ3n) is 13.8. The molecule has 0 spiro atoms. The highest BCUT2D eigenvalue weighted by atomic mass is 16.5. The van der Waals surface area contributed by atoms with Gasteiger partial charge in [0, 0.05) is 17.1 Å². The number of nitrogens with zero attached hydrogens (tertiary/aromatic N) is 1. The lowest BCUT2D eigenvalue weighted by Gasteiger charge is -2.70. The smallest absolute Gasteiger partial charge is 0.332 e. The number of nitriles is 1. The van der Waals surface area contributed by atoms with Crippen LogP contribution in [0.25, 0.3) is 5.57 Å². The number of allylic oxidation sites excluding steroid dienone is 8. The maximum Gasteiger partial charge on any atom is 0.332 e. The summed E-state index contributed by atoms with van der Waals surface area (Å²) in [6.07, 6.45) is 15.0. The third kappa shape index (κ3) is 5.69. The first-order valence-electron chi connectivity index (χ1n) is 18.2. The van der Waals surface area contributed by atoms with Gasteiger partial charge in [0.05, 0.1) is 24.2 Å². The molecule has 0 aliphatic heterocycles. The molecule has 7 nitrogen and oxygen atoms in total. The van der Waals surface area contributed by atoms with E-state index < -0.39 is 11.4 Å². The van der Waals surface area contributed by atoms with Crippen LogP contribution in [0.3, 0.4) is 0 Å². The van der Waals surface area contributed by atoms with Gasteiger partial charge in [-0.3, -0.25) is 9.59 Å². The Hall–Kier alpha value is -4.18. The fraction of sp³-hybridized carbons (Fsp3) is 0.535. The Labute approximate surface area is 296 Å². The van der Waals surface area contributed by atoms with Crippen molar-refractivity contribution in [2.75, 3.05) is 13.2 Å². The molecule has 0 heterocycles. The zero-order chi connectivity index (χ0) is 36.1. The van der Waals surface area contributed by atoms with Crippen LogP contribution in [0.4, 0.5) is 0 Å². The average molecular weight is 678 g/mol. The van der Waals surface area contributed by atoms with E-state index in [9.17, 15) is 24.8 Å². The number of rotatable bonds is 8. The van der Waals surface area contributed by atoms with E-state index in [4.69, 9.17) is 9.47 Å². The fourth-order valence-electron chi connectivity index (χ4n) is 10.3. The van der Waals surface area contributed by atoms with Crippen LogP contribution in [0.5, 0.6) is 0 Å². The van der Waals surface area contributed by atoms with Gasteiger partial charge in [-0.05, 0) is 117 Å². The van der Waals surface area contributed by atoms with Crippen molar-refractivity contribution in [1.82, 2.24) is 0 Å². The van der Waals surface area contributed by atoms with Gasteiger partial charge in [0.2, 0.25) is 5.78 Å². The molecule has 50 heavy (non-hydrogen) atoms. The third-order valence-corrected chi connectivity index (χ3v) is 13.8. The van der Waals surface area contributed by atoms with Gasteiger partial charge in [0.25, 0.3) is 0 Å². The van der Waals surface area contributed by atoms with Gasteiger partial charge >= 0.3 is 11.9 Å². The highest BCUT2D eigenvalue weighted by Gasteiger charge is 2.67. The summed E-state index contributed by atoms with van der Waals surface area (Å²) in [5, 5.41) is 19.9. The number of hydrogen-bond donors (Lipinski definition) is 1. The van der Waals surface area contributed by atoms with Gasteiger partial charge in [-0.15, -0.1) is 0 Å². The van der Waals surface area contributed by atoms with Crippen LogP contribution < -0.4 is 0 Å². The first-order valence-corrected chi connectivity index (χ1v) is 18.2. The van der Waals surface area contributed by atoms with E-state index in [1.165, 1.54) is 11.6 Å². The lowest BCUT2D eigenvalue weighted by Crippen LogP contribution is -2.62. The van der Waals surface area contributed by atoms with Crippen molar-refractivity contribution in [1.29, 1.82) is 5.26 Å². The lowest BCUT2D eigenvalue weighted by molar-refractivity contribution is -0.182. The topological polar surface area (TPSA) is 114 Å². The summed E-state index contributed by atoms with van der Waals surface area (Å²) in [7, 11) is 0. The van der Waals surface area contributed by atoms with Crippen molar-refractivity contribution < 1.29 is 29.0 Å². The second-order valence-electron chi connectivity index (χ2n) is 16.7. The number of ether oxygens (including phenoxy) is 2. The van der Waals surface area contributed by atoms with Crippen LogP contribution in [0, 0.1) is 44.3 Å². The number of ketones is 1. The molecule has 6 rings (SSSR count). The van der Waals surface area contributed by atoms with Crippen molar-refractivity contribution in [2.45, 2.75) is 99.3 Å². The summed E-state index contributed by atoms with van der Waals surface area (Å²) in [5.74, 6) is -0.842. The molecule has 0 amide bonds. The summed E-state index contributed by atoms with van der Waals surface area (Å²) in [5.41, 5.74) is 4.07. The minimum atomic E-state index is -0.583. The normalized spacial score (nSPS) is 34.8. The SMILES string of the molecule is CC1=C(O)C(=O)C=C2C1=CC=C1[C@@]2(C)CC[C@@]2(C)[C@@H]3C[C@](C)(C(=O)OCCCCOC(=O)/C=C(\C#N)c4ccccc4)CC[C@]3(C)CC[C@]12C. The predicted molar refractivity (Wildman–Crippen MR) is 192 cm³/mol. The van der Waals surface area contributed by atoms with E-state index in [1.807, 2.05) is 31.2 Å². The first kappa shape index (κ1) is 35.6. The van der Waals surface area contributed by atoms with Crippen molar-refractivity contribution in [3.63, 3.8) is 0 Å². The van der Waals surface area contributed by atoms with Gasteiger partial charge in [-0.2, -0.15) is 5.26 Å². The second-order valence-corrected chi connectivity index (χ2v) is 16.7. The number of unbranched alkanes of at least 4 members (excludes halogenated alkanes) is 1. The summed E-state index contributed by atoms with van der Waals surface area (Å²) in [6, 6.07) is 11.1. The largest absolute Gasteiger partial charge is 0.504 e. The Morgan fingerprint density at radius 3 is 2.32 bits per heavy atom. The van der Waals surface area contributed by atoms with Crippen LogP contribution in [0.1, 0.15) is 105 Å².